The number of piperazine rings is 1. The normalized spacial score (nSPS) is 18.6. The number of phosphoric acid groups is 1. The third-order valence-electron chi connectivity index (χ3n) is 12.3. The lowest BCUT2D eigenvalue weighted by Gasteiger charge is -2.37. The summed E-state index contributed by atoms with van der Waals surface area (Å²) in [6.07, 6.45) is 4.23. The second-order valence-electron chi connectivity index (χ2n) is 17.3. The second kappa shape index (κ2) is 23.6. The van der Waals surface area contributed by atoms with Gasteiger partial charge in [-0.05, 0) is 87.2 Å². The number of halogens is 2. The Balaban J connectivity index is 0.839. The molecule has 0 aliphatic carbocycles. The monoisotopic (exact) mass is 996 g/mol. The van der Waals surface area contributed by atoms with Crippen LogP contribution in [0.25, 0.3) is 5.69 Å². The highest BCUT2D eigenvalue weighted by atomic mass is 31.2. The minimum absolute atomic E-state index is 0.0496. The number of unbranched alkanes of at least 4 members (excludes halogenated alkanes) is 3. The van der Waals surface area contributed by atoms with E-state index < -0.39 is 61.3 Å². The van der Waals surface area contributed by atoms with E-state index in [2.05, 4.69) is 29.5 Å². The van der Waals surface area contributed by atoms with Crippen molar-refractivity contribution < 1.29 is 60.9 Å². The summed E-state index contributed by atoms with van der Waals surface area (Å²) in [5, 5.41) is 8.52. The third kappa shape index (κ3) is 13.8. The summed E-state index contributed by atoms with van der Waals surface area (Å²) in [7, 11) is -4.50. The van der Waals surface area contributed by atoms with Gasteiger partial charge in [0.2, 0.25) is 6.29 Å². The molecule has 23 heteroatoms. The summed E-state index contributed by atoms with van der Waals surface area (Å²) in [5.74, 6) is -1.27. The molecule has 2 N–H and O–H groups in total. The Kier molecular flexibility index (Phi) is 17.4. The molecule has 378 valence electrons. The first-order valence-electron chi connectivity index (χ1n) is 23.3. The SMILES string of the molecule is CC[C@@H](C(C)OC(=O)OC(C)OC(=O)CCCCCCOP(=O)(O)O)n1ncn(-c2ccc(N3CCN(c4ccc(OC[C@@H]5CO[C@@](Cn6cncn6)(c6ccc(F)cc6F)C5)cc4)CC3)cc2)c1=O. The van der Waals surface area contributed by atoms with Crippen LogP contribution in [0.2, 0.25) is 0 Å². The highest BCUT2D eigenvalue weighted by molar-refractivity contribution is 7.46. The number of phosphoric ester groups is 1. The van der Waals surface area contributed by atoms with E-state index in [4.69, 9.17) is 33.5 Å². The zero-order chi connectivity index (χ0) is 49.8. The summed E-state index contributed by atoms with van der Waals surface area (Å²) in [6.45, 7) is 8.75. The van der Waals surface area contributed by atoms with Crippen LogP contribution in [-0.2, 0) is 45.0 Å². The van der Waals surface area contributed by atoms with E-state index in [1.807, 2.05) is 55.5 Å². The van der Waals surface area contributed by atoms with Crippen LogP contribution in [0.1, 0.15) is 77.3 Å². The summed E-state index contributed by atoms with van der Waals surface area (Å²) in [4.78, 5) is 64.4. The summed E-state index contributed by atoms with van der Waals surface area (Å²) in [6, 6.07) is 18.5. The Hall–Kier alpha value is -6.19. The summed E-state index contributed by atoms with van der Waals surface area (Å²) in [5.41, 5.74) is 1.48. The second-order valence-corrected chi connectivity index (χ2v) is 18.6. The van der Waals surface area contributed by atoms with Crippen molar-refractivity contribution in [2.75, 3.05) is 55.8 Å². The number of aromatic nitrogens is 6. The van der Waals surface area contributed by atoms with Crippen molar-refractivity contribution in [2.45, 2.75) is 96.3 Å². The molecular weight excluding hydrogens is 938 g/mol. The molecule has 0 bridgehead atoms. The lowest BCUT2D eigenvalue weighted by Crippen LogP contribution is -2.46. The lowest BCUT2D eigenvalue weighted by molar-refractivity contribution is -0.169. The molecule has 2 saturated heterocycles. The minimum Gasteiger partial charge on any atom is -0.493 e. The number of carbonyl (C=O) groups is 2. The van der Waals surface area contributed by atoms with Crippen molar-refractivity contribution in [2.24, 2.45) is 5.92 Å². The lowest BCUT2D eigenvalue weighted by atomic mass is 9.87. The Bertz CT molecular complexity index is 2590. The number of hydrogen-bond acceptors (Lipinski definition) is 15. The number of carbonyl (C=O) groups excluding carboxylic acids is 2. The van der Waals surface area contributed by atoms with Crippen LogP contribution in [0.3, 0.4) is 0 Å². The van der Waals surface area contributed by atoms with Crippen molar-refractivity contribution in [1.82, 2.24) is 29.1 Å². The molecule has 2 aliphatic heterocycles. The van der Waals surface area contributed by atoms with Crippen molar-refractivity contribution in [1.29, 1.82) is 0 Å². The van der Waals surface area contributed by atoms with E-state index in [1.165, 1.54) is 41.0 Å². The molecule has 2 aromatic heterocycles. The maximum Gasteiger partial charge on any atom is 0.511 e. The van der Waals surface area contributed by atoms with Gasteiger partial charge in [-0.1, -0.05) is 25.8 Å². The van der Waals surface area contributed by atoms with Gasteiger partial charge in [0, 0.05) is 68.4 Å². The van der Waals surface area contributed by atoms with Crippen molar-refractivity contribution >= 4 is 31.3 Å². The Morgan fingerprint density at radius 2 is 1.54 bits per heavy atom. The number of rotatable bonds is 23. The van der Waals surface area contributed by atoms with Crippen LogP contribution in [-0.4, -0.2) is 109 Å². The minimum atomic E-state index is -4.50. The van der Waals surface area contributed by atoms with Crippen molar-refractivity contribution in [3.8, 4) is 11.4 Å². The van der Waals surface area contributed by atoms with Gasteiger partial charge in [0.1, 0.15) is 48.1 Å². The number of ether oxygens (including phenoxy) is 5. The van der Waals surface area contributed by atoms with Crippen LogP contribution in [0, 0.1) is 17.6 Å². The highest BCUT2D eigenvalue weighted by Gasteiger charge is 2.45. The van der Waals surface area contributed by atoms with Crippen LogP contribution in [0.4, 0.5) is 25.0 Å². The molecule has 5 aromatic rings. The smallest absolute Gasteiger partial charge is 0.493 e. The van der Waals surface area contributed by atoms with Crippen LogP contribution in [0.5, 0.6) is 5.75 Å². The van der Waals surface area contributed by atoms with Crippen LogP contribution in [0.15, 0.2) is 90.5 Å². The van der Waals surface area contributed by atoms with Gasteiger partial charge in [-0.15, -0.1) is 0 Å². The van der Waals surface area contributed by atoms with Gasteiger partial charge in [0.05, 0.1) is 38.1 Å². The van der Waals surface area contributed by atoms with Gasteiger partial charge in [-0.3, -0.25) is 9.32 Å². The molecule has 0 radical (unpaired) electrons. The topological polar surface area (TPSA) is 224 Å². The fourth-order valence-electron chi connectivity index (χ4n) is 8.80. The van der Waals surface area contributed by atoms with Gasteiger partial charge in [0.15, 0.2) is 0 Å². The van der Waals surface area contributed by atoms with E-state index in [9.17, 15) is 23.3 Å². The average Bonchev–Trinajstić information content (AvgIpc) is 4.09. The molecule has 4 heterocycles. The Labute approximate surface area is 403 Å². The summed E-state index contributed by atoms with van der Waals surface area (Å²) >= 11 is 0. The quantitative estimate of drug-likeness (QED) is 0.0301. The molecule has 0 spiro atoms. The van der Waals surface area contributed by atoms with E-state index in [-0.39, 0.29) is 31.1 Å². The van der Waals surface area contributed by atoms with E-state index in [0.717, 1.165) is 43.6 Å². The molecule has 2 unspecified atom stereocenters. The van der Waals surface area contributed by atoms with E-state index in [0.29, 0.717) is 63.2 Å². The molecule has 20 nitrogen and oxygen atoms in total. The Morgan fingerprint density at radius 1 is 0.871 bits per heavy atom. The molecule has 0 amide bonds. The van der Waals surface area contributed by atoms with Crippen molar-refractivity contribution in [3.05, 3.63) is 113 Å². The average molecular weight is 997 g/mol. The van der Waals surface area contributed by atoms with Gasteiger partial charge in [-0.25, -0.2) is 41.8 Å². The zero-order valence-corrected chi connectivity index (χ0v) is 40.2. The third-order valence-corrected chi connectivity index (χ3v) is 12.8. The zero-order valence-electron chi connectivity index (χ0n) is 39.3. The first-order chi connectivity index (χ1) is 33.6. The molecule has 3 aromatic carbocycles. The predicted molar refractivity (Wildman–Crippen MR) is 249 cm³/mol. The molecule has 0 saturated carbocycles. The Morgan fingerprint density at radius 3 is 2.19 bits per heavy atom. The standard InChI is InChI=1S/C47H59F2N8O12P/c1-4-43(33(2)67-46(60)69-34(3)68-44(58)9-7-5-6-8-24-66-70(61,62)63)57-45(59)56(32-52-57)39-13-11-37(12-14-39)53-20-22-54(23-21-53)38-15-17-40(18-16-38)64-27-35-26-47(65-28-35,29-55-31-50-30-51-55)41-19-10-36(48)25-42(41)49/h10-19,25,30-35,43H,4-9,20-24,26-29H2,1-3H3,(H2,61,62,63)/t33?,34?,35-,43+,47+/m1/s1. The fraction of sp³-hybridized carbons (Fsp3) is 0.489. The van der Waals surface area contributed by atoms with Crippen LogP contribution < -0.4 is 20.2 Å². The fourth-order valence-corrected chi connectivity index (χ4v) is 9.16. The van der Waals surface area contributed by atoms with Gasteiger partial charge < -0.3 is 43.3 Å². The first kappa shape index (κ1) is 51.7. The van der Waals surface area contributed by atoms with Crippen molar-refractivity contribution in [3.63, 3.8) is 0 Å². The predicted octanol–water partition coefficient (Wildman–Crippen LogP) is 6.68. The highest BCUT2D eigenvalue weighted by Crippen LogP contribution is 2.42. The molecular formula is C47H59F2N8O12P. The molecule has 70 heavy (non-hydrogen) atoms. The maximum atomic E-state index is 15.1. The number of hydrogen-bond donors (Lipinski definition) is 2. The van der Waals surface area contributed by atoms with Gasteiger partial charge in [-0.2, -0.15) is 10.2 Å². The number of esters is 1. The number of anilines is 2. The molecule has 7 rings (SSSR count). The van der Waals surface area contributed by atoms with E-state index >= 15 is 4.39 Å². The molecule has 2 aliphatic rings. The van der Waals surface area contributed by atoms with Gasteiger partial charge in [0.25, 0.3) is 0 Å². The van der Waals surface area contributed by atoms with Crippen LogP contribution >= 0.6 is 7.82 Å². The number of benzene rings is 3. The molecule has 5 atom stereocenters. The van der Waals surface area contributed by atoms with E-state index in [1.54, 1.807) is 17.9 Å². The first-order valence-corrected chi connectivity index (χ1v) is 24.8. The maximum absolute atomic E-state index is 15.1. The number of nitrogens with zero attached hydrogens (tertiary/aromatic N) is 8. The summed E-state index contributed by atoms with van der Waals surface area (Å²) < 4.78 is 76.4. The van der Waals surface area contributed by atoms with Gasteiger partial charge >= 0.3 is 25.6 Å². The largest absolute Gasteiger partial charge is 0.511 e. The molecule has 2 fully saturated rings.